The van der Waals surface area contributed by atoms with Crippen LogP contribution in [-0.2, 0) is 17.9 Å². The number of nitrogens with one attached hydrogen (secondary N) is 1. The number of rotatable bonds is 7. The summed E-state index contributed by atoms with van der Waals surface area (Å²) in [6, 6.07) is 10.2. The fourth-order valence-electron chi connectivity index (χ4n) is 2.71. The van der Waals surface area contributed by atoms with Crippen LogP contribution in [0.1, 0.15) is 29.7 Å². The van der Waals surface area contributed by atoms with Crippen molar-refractivity contribution in [1.29, 1.82) is 0 Å². The van der Waals surface area contributed by atoms with Gasteiger partial charge in [-0.15, -0.1) is 0 Å². The maximum Gasteiger partial charge on any atom is 0.225 e. The minimum absolute atomic E-state index is 0.0227. The predicted octanol–water partition coefficient (Wildman–Crippen LogP) is 2.56. The summed E-state index contributed by atoms with van der Waals surface area (Å²) in [6.45, 7) is 5.29. The normalized spacial score (nSPS) is 10.8. The number of anilines is 1. The van der Waals surface area contributed by atoms with Gasteiger partial charge in [0.25, 0.3) is 0 Å². The second-order valence-corrected chi connectivity index (χ2v) is 6.13. The highest BCUT2D eigenvalue weighted by molar-refractivity contribution is 5.89. The van der Waals surface area contributed by atoms with Crippen molar-refractivity contribution >= 4 is 11.7 Å². The topological polar surface area (TPSA) is 77.6 Å². The van der Waals surface area contributed by atoms with E-state index < -0.39 is 0 Å². The highest BCUT2D eigenvalue weighted by Gasteiger charge is 2.10. The minimum atomic E-state index is -0.0227. The summed E-state index contributed by atoms with van der Waals surface area (Å²) in [5.74, 6) is 0.704. The number of hydrogen-bond donors (Lipinski definition) is 1. The van der Waals surface area contributed by atoms with Crippen LogP contribution in [0.15, 0.2) is 43.0 Å². The molecule has 7 heteroatoms. The second-order valence-electron chi connectivity index (χ2n) is 6.13. The Hall–Kier alpha value is -2.96. The molecule has 0 saturated heterocycles. The number of carbonyl (C=O) groups excluding carboxylic acids is 1. The van der Waals surface area contributed by atoms with Crippen LogP contribution >= 0.6 is 0 Å². The standard InChI is InChI=1S/C18H22N6O/c1-14-5-3-6-16(9-14)11-24-17(10-15(2)22-24)21-18(25)7-4-8-23-13-19-12-20-23/h3,5-6,9-10,12-13H,4,7-8,11H2,1-2H3,(H,21,25). The predicted molar refractivity (Wildman–Crippen MR) is 95.1 cm³/mol. The molecule has 130 valence electrons. The van der Waals surface area contributed by atoms with Gasteiger partial charge in [0.05, 0.1) is 12.2 Å². The van der Waals surface area contributed by atoms with Gasteiger partial charge in [0.15, 0.2) is 0 Å². The molecule has 0 saturated carbocycles. The van der Waals surface area contributed by atoms with E-state index in [1.54, 1.807) is 11.0 Å². The molecule has 25 heavy (non-hydrogen) atoms. The van der Waals surface area contributed by atoms with Crippen LogP contribution in [0.2, 0.25) is 0 Å². The number of amides is 1. The van der Waals surface area contributed by atoms with Crippen LogP contribution in [0.25, 0.3) is 0 Å². The number of hydrogen-bond acceptors (Lipinski definition) is 4. The Morgan fingerprint density at radius 1 is 1.24 bits per heavy atom. The van der Waals surface area contributed by atoms with E-state index in [1.165, 1.54) is 11.9 Å². The lowest BCUT2D eigenvalue weighted by atomic mass is 10.1. The molecule has 0 aliphatic rings. The molecule has 0 aliphatic heterocycles. The van der Waals surface area contributed by atoms with Crippen molar-refractivity contribution in [2.24, 2.45) is 0 Å². The number of aryl methyl sites for hydroxylation is 3. The van der Waals surface area contributed by atoms with Gasteiger partial charge >= 0.3 is 0 Å². The lowest BCUT2D eigenvalue weighted by Crippen LogP contribution is -2.16. The fourth-order valence-corrected chi connectivity index (χ4v) is 2.71. The van der Waals surface area contributed by atoms with Gasteiger partial charge < -0.3 is 5.32 Å². The van der Waals surface area contributed by atoms with Gasteiger partial charge in [-0.1, -0.05) is 29.8 Å². The van der Waals surface area contributed by atoms with E-state index in [0.717, 1.165) is 17.1 Å². The third-order valence-corrected chi connectivity index (χ3v) is 3.84. The zero-order valence-electron chi connectivity index (χ0n) is 14.5. The molecule has 1 amide bonds. The summed E-state index contributed by atoms with van der Waals surface area (Å²) in [6.07, 6.45) is 4.28. The van der Waals surface area contributed by atoms with Crippen LogP contribution in [0.4, 0.5) is 5.82 Å². The highest BCUT2D eigenvalue weighted by Crippen LogP contribution is 2.14. The van der Waals surface area contributed by atoms with Gasteiger partial charge in [0.1, 0.15) is 18.5 Å². The van der Waals surface area contributed by atoms with Crippen molar-refractivity contribution in [2.45, 2.75) is 39.8 Å². The van der Waals surface area contributed by atoms with Gasteiger partial charge in [-0.25, -0.2) is 9.67 Å². The highest BCUT2D eigenvalue weighted by atomic mass is 16.1. The monoisotopic (exact) mass is 338 g/mol. The molecule has 0 atom stereocenters. The molecule has 7 nitrogen and oxygen atoms in total. The SMILES string of the molecule is Cc1cccc(Cn2nc(C)cc2NC(=O)CCCn2cncn2)c1. The van der Waals surface area contributed by atoms with Gasteiger partial charge in [-0.05, 0) is 25.8 Å². The van der Waals surface area contributed by atoms with E-state index in [1.807, 2.05) is 23.7 Å². The second kappa shape index (κ2) is 7.74. The summed E-state index contributed by atoms with van der Waals surface area (Å²) in [5, 5.41) is 11.5. The minimum Gasteiger partial charge on any atom is -0.311 e. The Morgan fingerprint density at radius 2 is 2.12 bits per heavy atom. The van der Waals surface area contributed by atoms with Gasteiger partial charge in [-0.3, -0.25) is 9.48 Å². The number of nitrogens with zero attached hydrogens (tertiary/aromatic N) is 5. The first-order valence-corrected chi connectivity index (χ1v) is 8.32. The molecule has 2 aromatic heterocycles. The third-order valence-electron chi connectivity index (χ3n) is 3.84. The third kappa shape index (κ3) is 4.76. The molecular formula is C18H22N6O. The molecule has 0 fully saturated rings. The molecule has 0 aliphatic carbocycles. The van der Waals surface area contributed by atoms with Crippen LogP contribution in [0.3, 0.4) is 0 Å². The molecule has 0 radical (unpaired) electrons. The van der Waals surface area contributed by atoms with Crippen molar-refractivity contribution in [3.63, 3.8) is 0 Å². The molecular weight excluding hydrogens is 316 g/mol. The first-order chi connectivity index (χ1) is 12.1. The largest absolute Gasteiger partial charge is 0.311 e. The van der Waals surface area contributed by atoms with Crippen LogP contribution < -0.4 is 5.32 Å². The van der Waals surface area contributed by atoms with E-state index in [9.17, 15) is 4.79 Å². The molecule has 3 aromatic rings. The average Bonchev–Trinajstić information content (AvgIpc) is 3.18. The lowest BCUT2D eigenvalue weighted by molar-refractivity contribution is -0.116. The van der Waals surface area contributed by atoms with Crippen molar-refractivity contribution in [1.82, 2.24) is 24.5 Å². The zero-order valence-corrected chi connectivity index (χ0v) is 14.5. The molecule has 0 bridgehead atoms. The number of benzene rings is 1. The lowest BCUT2D eigenvalue weighted by Gasteiger charge is -2.09. The van der Waals surface area contributed by atoms with Crippen molar-refractivity contribution in [3.8, 4) is 0 Å². The maximum atomic E-state index is 12.2. The molecule has 0 unspecified atom stereocenters. The first-order valence-electron chi connectivity index (χ1n) is 8.32. The van der Waals surface area contributed by atoms with Crippen LogP contribution in [0, 0.1) is 13.8 Å². The maximum absolute atomic E-state index is 12.2. The van der Waals surface area contributed by atoms with Gasteiger partial charge in [0.2, 0.25) is 5.91 Å². The Bertz CT molecular complexity index is 837. The summed E-state index contributed by atoms with van der Waals surface area (Å²) in [4.78, 5) is 16.1. The average molecular weight is 338 g/mol. The number of aromatic nitrogens is 5. The van der Waals surface area contributed by atoms with Gasteiger partial charge in [-0.2, -0.15) is 10.2 Å². The van der Waals surface area contributed by atoms with E-state index in [0.29, 0.717) is 25.9 Å². The summed E-state index contributed by atoms with van der Waals surface area (Å²) >= 11 is 0. The van der Waals surface area contributed by atoms with E-state index in [2.05, 4.69) is 45.6 Å². The summed E-state index contributed by atoms with van der Waals surface area (Å²) in [7, 11) is 0. The first kappa shape index (κ1) is 16.9. The quantitative estimate of drug-likeness (QED) is 0.718. The Kier molecular flexibility index (Phi) is 5.23. The fraction of sp³-hybridized carbons (Fsp3) is 0.333. The van der Waals surface area contributed by atoms with Crippen LogP contribution in [0.5, 0.6) is 0 Å². The molecule has 1 aromatic carbocycles. The molecule has 1 N–H and O–H groups in total. The van der Waals surface area contributed by atoms with E-state index >= 15 is 0 Å². The summed E-state index contributed by atoms with van der Waals surface area (Å²) < 4.78 is 3.55. The smallest absolute Gasteiger partial charge is 0.225 e. The van der Waals surface area contributed by atoms with Gasteiger partial charge in [0, 0.05) is 19.0 Å². The summed E-state index contributed by atoms with van der Waals surface area (Å²) in [5.41, 5.74) is 3.25. The molecule has 3 rings (SSSR count). The Morgan fingerprint density at radius 3 is 2.88 bits per heavy atom. The Labute approximate surface area is 146 Å². The van der Waals surface area contributed by atoms with Crippen molar-refractivity contribution in [2.75, 3.05) is 5.32 Å². The Balaban J connectivity index is 1.59. The zero-order chi connectivity index (χ0) is 17.6. The molecule has 0 spiro atoms. The number of carbonyl (C=O) groups is 1. The van der Waals surface area contributed by atoms with Crippen molar-refractivity contribution in [3.05, 3.63) is 59.8 Å². The van der Waals surface area contributed by atoms with Crippen molar-refractivity contribution < 1.29 is 4.79 Å². The van der Waals surface area contributed by atoms with E-state index in [-0.39, 0.29) is 5.91 Å². The van der Waals surface area contributed by atoms with E-state index in [4.69, 9.17) is 0 Å². The van der Waals surface area contributed by atoms with Crippen LogP contribution in [-0.4, -0.2) is 30.5 Å². The molecule has 2 heterocycles.